The van der Waals surface area contributed by atoms with Crippen molar-refractivity contribution in [3.05, 3.63) is 24.3 Å². The highest BCUT2D eigenvalue weighted by Gasteiger charge is 2.34. The number of fused-ring (bicyclic) bond motifs is 1. The smallest absolute Gasteiger partial charge is 0.244 e. The Balaban J connectivity index is 1.81. The normalized spacial score (nSPS) is 26.4. The Bertz CT molecular complexity index is 606. The van der Waals surface area contributed by atoms with E-state index in [1.54, 1.807) is 4.90 Å². The number of anilines is 2. The molecule has 0 saturated carbocycles. The van der Waals surface area contributed by atoms with Crippen LogP contribution in [0.2, 0.25) is 0 Å². The summed E-state index contributed by atoms with van der Waals surface area (Å²) in [6, 6.07) is 7.28. The summed E-state index contributed by atoms with van der Waals surface area (Å²) in [6.45, 7) is 8.42. The van der Waals surface area contributed by atoms with Crippen molar-refractivity contribution >= 4 is 23.2 Å². The SMILES string of the molecule is C[C@@H]1C[C@H](C)CN([C@H](C)C(=O)N2CC(=O)Nc3ccccc32)C1. The van der Waals surface area contributed by atoms with E-state index in [4.69, 9.17) is 0 Å². The zero-order valence-electron chi connectivity index (χ0n) is 14.1. The minimum atomic E-state index is -0.209. The number of hydrogen-bond acceptors (Lipinski definition) is 3. The fourth-order valence-electron chi connectivity index (χ4n) is 3.84. The predicted molar refractivity (Wildman–Crippen MR) is 91.4 cm³/mol. The van der Waals surface area contributed by atoms with E-state index in [-0.39, 0.29) is 24.4 Å². The van der Waals surface area contributed by atoms with Crippen molar-refractivity contribution in [3.8, 4) is 0 Å². The van der Waals surface area contributed by atoms with E-state index in [0.29, 0.717) is 17.5 Å². The third-order valence-corrected chi connectivity index (χ3v) is 4.84. The van der Waals surface area contributed by atoms with Gasteiger partial charge in [0.2, 0.25) is 11.8 Å². The molecule has 2 heterocycles. The average molecular weight is 315 g/mol. The number of carbonyl (C=O) groups excluding carboxylic acids is 2. The van der Waals surface area contributed by atoms with Crippen molar-refractivity contribution in [2.75, 3.05) is 29.9 Å². The van der Waals surface area contributed by atoms with Crippen LogP contribution in [0.3, 0.4) is 0 Å². The second kappa shape index (κ2) is 6.32. The van der Waals surface area contributed by atoms with Gasteiger partial charge >= 0.3 is 0 Å². The summed E-state index contributed by atoms with van der Waals surface area (Å²) in [7, 11) is 0. The molecule has 3 atom stereocenters. The number of amides is 2. The molecule has 124 valence electrons. The van der Waals surface area contributed by atoms with E-state index >= 15 is 0 Å². The van der Waals surface area contributed by atoms with E-state index in [1.807, 2.05) is 31.2 Å². The highest BCUT2D eigenvalue weighted by atomic mass is 16.2. The average Bonchev–Trinajstić information content (AvgIpc) is 2.51. The van der Waals surface area contributed by atoms with Gasteiger partial charge in [-0.05, 0) is 37.3 Å². The Kier molecular flexibility index (Phi) is 4.39. The standard InChI is InChI=1S/C18H25N3O2/c1-12-8-13(2)10-20(9-12)14(3)18(23)21-11-17(22)19-15-6-4-5-7-16(15)21/h4-7,12-14H,8-11H2,1-3H3,(H,19,22)/t12-,13+,14-/m1/s1. The summed E-state index contributed by atoms with van der Waals surface area (Å²) in [5.74, 6) is 1.08. The molecule has 0 aromatic heterocycles. The molecule has 0 radical (unpaired) electrons. The number of carbonyl (C=O) groups is 2. The van der Waals surface area contributed by atoms with E-state index in [2.05, 4.69) is 24.1 Å². The van der Waals surface area contributed by atoms with Crippen LogP contribution < -0.4 is 10.2 Å². The number of para-hydroxylation sites is 2. The lowest BCUT2D eigenvalue weighted by Gasteiger charge is -2.40. The number of piperidine rings is 1. The summed E-state index contributed by atoms with van der Waals surface area (Å²) in [4.78, 5) is 28.8. The van der Waals surface area contributed by atoms with Crippen molar-refractivity contribution in [2.24, 2.45) is 11.8 Å². The molecule has 2 aliphatic rings. The first kappa shape index (κ1) is 16.0. The molecule has 1 aromatic carbocycles. The summed E-state index contributed by atoms with van der Waals surface area (Å²) >= 11 is 0. The number of nitrogens with zero attached hydrogens (tertiary/aromatic N) is 2. The molecule has 5 heteroatoms. The van der Waals surface area contributed by atoms with Crippen molar-refractivity contribution in [1.82, 2.24) is 4.90 Å². The van der Waals surface area contributed by atoms with E-state index < -0.39 is 0 Å². The highest BCUT2D eigenvalue weighted by molar-refractivity contribution is 6.11. The largest absolute Gasteiger partial charge is 0.323 e. The first-order valence-electron chi connectivity index (χ1n) is 8.40. The van der Waals surface area contributed by atoms with Gasteiger partial charge in [0.1, 0.15) is 6.54 Å². The second-order valence-electron chi connectivity index (χ2n) is 7.07. The number of likely N-dealkylation sites (tertiary alicyclic amines) is 1. The van der Waals surface area contributed by atoms with Gasteiger partial charge in [-0.3, -0.25) is 19.4 Å². The molecule has 0 bridgehead atoms. The molecule has 1 N–H and O–H groups in total. The van der Waals surface area contributed by atoms with Crippen molar-refractivity contribution in [1.29, 1.82) is 0 Å². The fraction of sp³-hybridized carbons (Fsp3) is 0.556. The molecular weight excluding hydrogens is 290 g/mol. The van der Waals surface area contributed by atoms with Crippen molar-refractivity contribution in [3.63, 3.8) is 0 Å². The lowest BCUT2D eigenvalue weighted by Crippen LogP contribution is -2.54. The van der Waals surface area contributed by atoms with Crippen LogP contribution in [0.5, 0.6) is 0 Å². The van der Waals surface area contributed by atoms with Crippen LogP contribution in [0.4, 0.5) is 11.4 Å². The third kappa shape index (κ3) is 3.24. The van der Waals surface area contributed by atoms with Gasteiger partial charge < -0.3 is 5.32 Å². The Labute approximate surface area is 137 Å². The Hall–Kier alpha value is -1.88. The van der Waals surface area contributed by atoms with Gasteiger partial charge in [0, 0.05) is 13.1 Å². The summed E-state index contributed by atoms with van der Waals surface area (Å²) in [5, 5.41) is 2.83. The maximum Gasteiger partial charge on any atom is 0.244 e. The van der Waals surface area contributed by atoms with Crippen LogP contribution in [0.15, 0.2) is 24.3 Å². The lowest BCUT2D eigenvalue weighted by atomic mass is 9.91. The molecule has 0 aliphatic carbocycles. The third-order valence-electron chi connectivity index (χ3n) is 4.84. The van der Waals surface area contributed by atoms with Crippen LogP contribution in [-0.2, 0) is 9.59 Å². The van der Waals surface area contributed by atoms with Crippen molar-refractivity contribution < 1.29 is 9.59 Å². The molecule has 0 spiro atoms. The first-order valence-corrected chi connectivity index (χ1v) is 8.40. The summed E-state index contributed by atoms with van der Waals surface area (Å²) in [5.41, 5.74) is 1.51. The number of benzene rings is 1. The van der Waals surface area contributed by atoms with Crippen LogP contribution >= 0.6 is 0 Å². The van der Waals surface area contributed by atoms with Gasteiger partial charge in [-0.15, -0.1) is 0 Å². The molecule has 23 heavy (non-hydrogen) atoms. The molecule has 5 nitrogen and oxygen atoms in total. The lowest BCUT2D eigenvalue weighted by molar-refractivity contribution is -0.126. The van der Waals surface area contributed by atoms with Crippen LogP contribution in [0.25, 0.3) is 0 Å². The fourth-order valence-corrected chi connectivity index (χ4v) is 3.84. The maximum absolute atomic E-state index is 13.0. The summed E-state index contributed by atoms with van der Waals surface area (Å²) in [6.07, 6.45) is 1.21. The Morgan fingerprint density at radius 3 is 2.57 bits per heavy atom. The number of nitrogens with one attached hydrogen (secondary N) is 1. The van der Waals surface area contributed by atoms with E-state index in [1.165, 1.54) is 6.42 Å². The molecule has 2 aliphatic heterocycles. The highest BCUT2D eigenvalue weighted by Crippen LogP contribution is 2.30. The second-order valence-corrected chi connectivity index (χ2v) is 7.07. The number of rotatable bonds is 2. The van der Waals surface area contributed by atoms with E-state index in [9.17, 15) is 9.59 Å². The molecule has 1 fully saturated rings. The number of hydrogen-bond donors (Lipinski definition) is 1. The van der Waals surface area contributed by atoms with Crippen LogP contribution in [0, 0.1) is 11.8 Å². The van der Waals surface area contributed by atoms with E-state index in [0.717, 1.165) is 18.8 Å². The van der Waals surface area contributed by atoms with Gasteiger partial charge in [-0.2, -0.15) is 0 Å². The minimum absolute atomic E-state index is 0.00796. The Morgan fingerprint density at radius 2 is 1.87 bits per heavy atom. The summed E-state index contributed by atoms with van der Waals surface area (Å²) < 4.78 is 0. The zero-order chi connectivity index (χ0) is 16.6. The molecule has 3 rings (SSSR count). The van der Waals surface area contributed by atoms with Crippen LogP contribution in [-0.4, -0.2) is 42.4 Å². The maximum atomic E-state index is 13.0. The van der Waals surface area contributed by atoms with Gasteiger partial charge in [-0.1, -0.05) is 26.0 Å². The predicted octanol–water partition coefficient (Wildman–Crippen LogP) is 2.34. The topological polar surface area (TPSA) is 52.7 Å². The minimum Gasteiger partial charge on any atom is -0.323 e. The zero-order valence-corrected chi connectivity index (χ0v) is 14.1. The molecular formula is C18H25N3O2. The molecule has 1 aromatic rings. The van der Waals surface area contributed by atoms with Gasteiger partial charge in [-0.25, -0.2) is 0 Å². The van der Waals surface area contributed by atoms with Gasteiger partial charge in [0.15, 0.2) is 0 Å². The van der Waals surface area contributed by atoms with Crippen molar-refractivity contribution in [2.45, 2.75) is 33.2 Å². The molecule has 2 amide bonds. The first-order chi connectivity index (χ1) is 11.0. The Morgan fingerprint density at radius 1 is 1.22 bits per heavy atom. The molecule has 1 saturated heterocycles. The van der Waals surface area contributed by atoms with Gasteiger partial charge in [0.25, 0.3) is 0 Å². The van der Waals surface area contributed by atoms with Crippen LogP contribution in [0.1, 0.15) is 27.2 Å². The molecule has 0 unspecified atom stereocenters. The monoisotopic (exact) mass is 315 g/mol. The van der Waals surface area contributed by atoms with Gasteiger partial charge in [0.05, 0.1) is 17.4 Å². The quantitative estimate of drug-likeness (QED) is 0.911.